The van der Waals surface area contributed by atoms with Gasteiger partial charge >= 0.3 is 0 Å². The number of aromatic nitrogens is 2. The fraction of sp³-hybridized carbons (Fsp3) is 0.424. The van der Waals surface area contributed by atoms with Crippen molar-refractivity contribution in [3.05, 3.63) is 71.8 Å². The van der Waals surface area contributed by atoms with Crippen molar-refractivity contribution in [2.45, 2.75) is 75.9 Å². The second kappa shape index (κ2) is 12.8. The zero-order valence-electron chi connectivity index (χ0n) is 24.9. The Morgan fingerprint density at radius 3 is 2.45 bits per heavy atom. The van der Waals surface area contributed by atoms with Crippen molar-refractivity contribution in [1.29, 1.82) is 5.26 Å². The molecule has 4 atom stereocenters. The second-order valence-electron chi connectivity index (χ2n) is 12.5. The van der Waals surface area contributed by atoms with Crippen molar-refractivity contribution in [3.8, 4) is 6.07 Å². The number of carbonyl (C=O) groups excluding carboxylic acids is 4. The summed E-state index contributed by atoms with van der Waals surface area (Å²) in [5.41, 5.74) is 6.12. The van der Waals surface area contributed by atoms with Crippen LogP contribution in [0.1, 0.15) is 73.6 Å². The largest absolute Gasteiger partial charge is 0.364 e. The van der Waals surface area contributed by atoms with Gasteiger partial charge in [-0.3, -0.25) is 24.2 Å². The number of rotatable bonds is 12. The lowest BCUT2D eigenvalue weighted by atomic mass is 9.90. The molecule has 0 radical (unpaired) electrons. The number of hydrogen-bond donors (Lipinski definition) is 4. The van der Waals surface area contributed by atoms with Crippen LogP contribution in [0.4, 0.5) is 0 Å². The van der Waals surface area contributed by atoms with Crippen molar-refractivity contribution >= 4 is 34.4 Å². The van der Waals surface area contributed by atoms with Gasteiger partial charge in [-0.15, -0.1) is 0 Å². The first kappa shape index (κ1) is 30.6. The predicted octanol–water partition coefficient (Wildman–Crippen LogP) is 2.65. The average Bonchev–Trinajstić information content (AvgIpc) is 3.77. The number of amides is 4. The van der Waals surface area contributed by atoms with Gasteiger partial charge in [0.2, 0.25) is 17.7 Å². The second-order valence-corrected chi connectivity index (χ2v) is 12.5. The van der Waals surface area contributed by atoms with Crippen LogP contribution < -0.4 is 21.7 Å². The highest BCUT2D eigenvalue weighted by Gasteiger charge is 2.40. The number of nitriles is 1. The highest BCUT2D eigenvalue weighted by atomic mass is 16.2. The summed E-state index contributed by atoms with van der Waals surface area (Å²) in [5.74, 6) is -3.07. The molecule has 2 heterocycles. The van der Waals surface area contributed by atoms with Crippen molar-refractivity contribution in [1.82, 2.24) is 25.9 Å². The van der Waals surface area contributed by atoms with Crippen LogP contribution in [0.5, 0.6) is 0 Å². The summed E-state index contributed by atoms with van der Waals surface area (Å²) in [5, 5.41) is 20.4. The Bertz CT molecular complexity index is 1620. The van der Waals surface area contributed by atoms with E-state index >= 15 is 0 Å². The summed E-state index contributed by atoms with van der Waals surface area (Å²) in [7, 11) is 0. The summed E-state index contributed by atoms with van der Waals surface area (Å²) >= 11 is 0. The van der Waals surface area contributed by atoms with Crippen LogP contribution in [0.25, 0.3) is 10.8 Å². The Balaban J connectivity index is 1.40. The summed E-state index contributed by atoms with van der Waals surface area (Å²) in [6.45, 7) is 3.84. The molecule has 2 aromatic carbocycles. The molecule has 5 N–H and O–H groups in total. The van der Waals surface area contributed by atoms with Crippen LogP contribution in [-0.2, 0) is 20.8 Å². The molecule has 1 aliphatic heterocycles. The van der Waals surface area contributed by atoms with Gasteiger partial charge in [0.05, 0.1) is 17.7 Å². The number of carbonyl (C=O) groups is 4. The van der Waals surface area contributed by atoms with Crippen molar-refractivity contribution in [2.75, 3.05) is 0 Å². The maximum absolute atomic E-state index is 14.1. The minimum atomic E-state index is -0.984. The molecule has 0 bridgehead atoms. The van der Waals surface area contributed by atoms with Gasteiger partial charge in [-0.25, -0.2) is 4.98 Å². The molecule has 2 fully saturated rings. The molecule has 11 heteroatoms. The third kappa shape index (κ3) is 7.19. The van der Waals surface area contributed by atoms with Crippen molar-refractivity contribution < 1.29 is 19.2 Å². The first-order valence-electron chi connectivity index (χ1n) is 14.9. The third-order valence-electron chi connectivity index (χ3n) is 8.39. The van der Waals surface area contributed by atoms with Gasteiger partial charge in [-0.05, 0) is 61.8 Å². The molecule has 4 amide bonds. The molecule has 0 spiro atoms. The van der Waals surface area contributed by atoms with Gasteiger partial charge in [-0.2, -0.15) is 5.26 Å². The predicted molar refractivity (Wildman–Crippen MR) is 163 cm³/mol. The van der Waals surface area contributed by atoms with E-state index in [9.17, 15) is 24.4 Å². The van der Waals surface area contributed by atoms with E-state index in [0.717, 1.165) is 29.2 Å². The normalized spacial score (nSPS) is 19.3. The molecule has 44 heavy (non-hydrogen) atoms. The van der Waals surface area contributed by atoms with E-state index in [-0.39, 0.29) is 41.6 Å². The highest BCUT2D eigenvalue weighted by Crippen LogP contribution is 2.34. The van der Waals surface area contributed by atoms with Crippen molar-refractivity contribution in [2.24, 2.45) is 17.6 Å². The maximum Gasteiger partial charge on any atom is 0.269 e. The molecule has 228 valence electrons. The minimum absolute atomic E-state index is 0.113. The van der Waals surface area contributed by atoms with Crippen LogP contribution >= 0.6 is 0 Å². The first-order valence-corrected chi connectivity index (χ1v) is 14.9. The number of fused-ring (bicyclic) bond motifs is 1. The third-order valence-corrected chi connectivity index (χ3v) is 8.39. The molecular formula is C33H37N7O4. The van der Waals surface area contributed by atoms with Gasteiger partial charge in [0.25, 0.3) is 5.91 Å². The number of benzene rings is 2. The topological polar surface area (TPSA) is 180 Å². The van der Waals surface area contributed by atoms with E-state index in [2.05, 4.69) is 32.0 Å². The molecule has 3 aromatic rings. The summed E-state index contributed by atoms with van der Waals surface area (Å²) in [6.07, 6.45) is 5.92. The smallest absolute Gasteiger partial charge is 0.269 e. The summed E-state index contributed by atoms with van der Waals surface area (Å²) in [6, 6.07) is 13.8. The number of nitrogens with two attached hydrogens (primary N) is 1. The summed E-state index contributed by atoms with van der Waals surface area (Å²) < 4.78 is 0. The lowest BCUT2D eigenvalue weighted by Crippen LogP contribution is -2.51. The standard InChI is InChI=1S/C33H37N7O4/c1-33(2)17-22(30(42)40-33)15-23(18-34)38-32(44)26(14-19-10-11-19)39-31(43)25(27-28(29(35)41)37-13-12-36-27)16-21-8-5-7-20-6-3-4-9-24(20)21/h3-9,12-13,19,22-23,25-26H,10-11,14-17H2,1-2H3,(H2,35,41)(H,38,44)(H,39,43)(H,40,42)/t22-,23+,25+,26+/m1/s1. The Morgan fingerprint density at radius 2 is 1.77 bits per heavy atom. The highest BCUT2D eigenvalue weighted by molar-refractivity contribution is 5.96. The van der Waals surface area contributed by atoms with Crippen LogP contribution in [-0.4, -0.2) is 51.2 Å². The van der Waals surface area contributed by atoms with Crippen LogP contribution in [0, 0.1) is 23.2 Å². The minimum Gasteiger partial charge on any atom is -0.364 e. The lowest BCUT2D eigenvalue weighted by Gasteiger charge is -2.24. The Kier molecular flexibility index (Phi) is 8.90. The fourth-order valence-corrected chi connectivity index (χ4v) is 6.07. The maximum atomic E-state index is 14.1. The number of nitrogens with zero attached hydrogens (tertiary/aromatic N) is 3. The van der Waals surface area contributed by atoms with E-state index in [1.807, 2.05) is 56.3 Å². The number of primary amides is 1. The van der Waals surface area contributed by atoms with Crippen molar-refractivity contribution in [3.63, 3.8) is 0 Å². The number of hydrogen-bond acceptors (Lipinski definition) is 7. The molecule has 11 nitrogen and oxygen atoms in total. The molecule has 1 aromatic heterocycles. The molecule has 1 saturated heterocycles. The molecular weight excluding hydrogens is 558 g/mol. The van der Waals surface area contributed by atoms with E-state index in [0.29, 0.717) is 12.8 Å². The molecule has 2 aliphatic rings. The molecule has 1 saturated carbocycles. The lowest BCUT2D eigenvalue weighted by molar-refractivity contribution is -0.130. The van der Waals surface area contributed by atoms with E-state index < -0.39 is 41.6 Å². The van der Waals surface area contributed by atoms with Crippen LogP contribution in [0.3, 0.4) is 0 Å². The Hall–Kier alpha value is -4.85. The molecule has 1 aliphatic carbocycles. The monoisotopic (exact) mass is 595 g/mol. The van der Waals surface area contributed by atoms with Gasteiger partial charge in [-0.1, -0.05) is 55.3 Å². The molecule has 5 rings (SSSR count). The Morgan fingerprint density at radius 1 is 1.05 bits per heavy atom. The fourth-order valence-electron chi connectivity index (χ4n) is 6.07. The van der Waals surface area contributed by atoms with Gasteiger partial charge in [0, 0.05) is 23.9 Å². The first-order chi connectivity index (χ1) is 21.0. The zero-order chi connectivity index (χ0) is 31.4. The van der Waals surface area contributed by atoms with Gasteiger partial charge in [0.1, 0.15) is 17.8 Å². The van der Waals surface area contributed by atoms with E-state index in [1.165, 1.54) is 12.4 Å². The van der Waals surface area contributed by atoms with E-state index in [1.54, 1.807) is 0 Å². The quantitative estimate of drug-likeness (QED) is 0.248. The van der Waals surface area contributed by atoms with Crippen LogP contribution in [0.15, 0.2) is 54.9 Å². The van der Waals surface area contributed by atoms with Gasteiger partial charge < -0.3 is 21.7 Å². The average molecular weight is 596 g/mol. The molecule has 0 unspecified atom stereocenters. The number of nitrogens with one attached hydrogen (secondary N) is 3. The Labute approximate surface area is 256 Å². The van der Waals surface area contributed by atoms with Crippen LogP contribution in [0.2, 0.25) is 0 Å². The SMILES string of the molecule is CC1(C)C[C@@H](C[C@@H](C#N)NC(=O)[C@H](CC2CC2)NC(=O)[C@@H](Cc2cccc3ccccc23)c2nccnc2C(N)=O)C(=O)N1. The van der Waals surface area contributed by atoms with Gasteiger partial charge in [0.15, 0.2) is 0 Å². The van der Waals surface area contributed by atoms with E-state index in [4.69, 9.17) is 5.73 Å². The summed E-state index contributed by atoms with van der Waals surface area (Å²) in [4.78, 5) is 60.9. The zero-order valence-corrected chi connectivity index (χ0v) is 24.9.